The minimum atomic E-state index is -0.202. The van der Waals surface area contributed by atoms with Gasteiger partial charge in [-0.1, -0.05) is 12.1 Å². The molecule has 0 atom stereocenters. The molecule has 1 aliphatic heterocycles. The van der Waals surface area contributed by atoms with Gasteiger partial charge in [-0.15, -0.1) is 36.2 Å². The SMILES string of the molecule is CNCCC(=O)N1CCN(Cc2ccc(-c3cccc(F)c3)s2)CC1.Cl.Cl. The number of rotatable bonds is 6. The number of nitrogens with zero attached hydrogens (tertiary/aromatic N) is 2. The van der Waals surface area contributed by atoms with Crippen molar-refractivity contribution in [3.8, 4) is 10.4 Å². The van der Waals surface area contributed by atoms with Gasteiger partial charge in [-0.2, -0.15) is 0 Å². The van der Waals surface area contributed by atoms with Crippen molar-refractivity contribution >= 4 is 42.1 Å². The summed E-state index contributed by atoms with van der Waals surface area (Å²) in [6, 6.07) is 10.9. The van der Waals surface area contributed by atoms with Crippen LogP contribution < -0.4 is 5.32 Å². The molecule has 0 bridgehead atoms. The molecule has 8 heteroatoms. The van der Waals surface area contributed by atoms with Crippen LogP contribution >= 0.6 is 36.2 Å². The number of benzene rings is 1. The van der Waals surface area contributed by atoms with Gasteiger partial charge in [0.05, 0.1) is 0 Å². The molecule has 0 unspecified atom stereocenters. The van der Waals surface area contributed by atoms with E-state index in [1.807, 2.05) is 18.0 Å². The van der Waals surface area contributed by atoms with Crippen molar-refractivity contribution < 1.29 is 9.18 Å². The standard InChI is InChI=1S/C19H24FN3OS.2ClH/c1-21-8-7-19(24)23-11-9-22(10-12-23)14-17-5-6-18(25-17)15-3-2-4-16(20)13-15;;/h2-6,13,21H,7-12,14H2,1H3;2*1H. The van der Waals surface area contributed by atoms with Crippen molar-refractivity contribution in [3.05, 3.63) is 47.1 Å². The van der Waals surface area contributed by atoms with Gasteiger partial charge >= 0.3 is 0 Å². The topological polar surface area (TPSA) is 35.6 Å². The van der Waals surface area contributed by atoms with Crippen LogP contribution in [0.2, 0.25) is 0 Å². The zero-order valence-electron chi connectivity index (χ0n) is 15.3. The predicted molar refractivity (Wildman–Crippen MR) is 115 cm³/mol. The molecular weight excluding hydrogens is 408 g/mol. The van der Waals surface area contributed by atoms with Gasteiger partial charge in [0.15, 0.2) is 0 Å². The van der Waals surface area contributed by atoms with Crippen molar-refractivity contribution in [2.24, 2.45) is 0 Å². The Morgan fingerprint density at radius 2 is 1.89 bits per heavy atom. The van der Waals surface area contributed by atoms with E-state index in [4.69, 9.17) is 0 Å². The van der Waals surface area contributed by atoms with Crippen LogP contribution in [0.5, 0.6) is 0 Å². The number of carbonyl (C=O) groups excluding carboxylic acids is 1. The van der Waals surface area contributed by atoms with Gasteiger partial charge in [-0.25, -0.2) is 4.39 Å². The molecule has 1 aromatic heterocycles. The van der Waals surface area contributed by atoms with Crippen molar-refractivity contribution in [2.45, 2.75) is 13.0 Å². The van der Waals surface area contributed by atoms with Gasteiger partial charge in [0.2, 0.25) is 5.91 Å². The third kappa shape index (κ3) is 6.73. The van der Waals surface area contributed by atoms with E-state index in [-0.39, 0.29) is 36.5 Å². The normalized spacial score (nSPS) is 14.4. The Morgan fingerprint density at radius 3 is 2.56 bits per heavy atom. The Kier molecular flexibility index (Phi) is 10.3. The van der Waals surface area contributed by atoms with E-state index in [2.05, 4.69) is 22.3 Å². The van der Waals surface area contributed by atoms with Crippen LogP contribution in [0, 0.1) is 5.82 Å². The summed E-state index contributed by atoms with van der Waals surface area (Å²) in [5.41, 5.74) is 0.927. The molecule has 1 N–H and O–H groups in total. The van der Waals surface area contributed by atoms with Gasteiger partial charge in [-0.05, 0) is 36.9 Å². The second-order valence-corrected chi connectivity index (χ2v) is 7.46. The first-order chi connectivity index (χ1) is 12.2. The molecule has 4 nitrogen and oxygen atoms in total. The third-order valence-corrected chi connectivity index (χ3v) is 5.58. The summed E-state index contributed by atoms with van der Waals surface area (Å²) in [6.45, 7) is 5.02. The van der Waals surface area contributed by atoms with Crippen LogP contribution in [0.1, 0.15) is 11.3 Å². The number of carbonyl (C=O) groups is 1. The average molecular weight is 434 g/mol. The van der Waals surface area contributed by atoms with Crippen molar-refractivity contribution in [1.82, 2.24) is 15.1 Å². The van der Waals surface area contributed by atoms with Crippen LogP contribution in [0.4, 0.5) is 4.39 Å². The highest BCUT2D eigenvalue weighted by Gasteiger charge is 2.21. The fourth-order valence-electron chi connectivity index (χ4n) is 3.03. The Balaban J connectivity index is 0.00000182. The maximum Gasteiger partial charge on any atom is 0.223 e. The van der Waals surface area contributed by atoms with E-state index in [1.165, 1.54) is 10.9 Å². The van der Waals surface area contributed by atoms with E-state index < -0.39 is 0 Å². The summed E-state index contributed by atoms with van der Waals surface area (Å²) < 4.78 is 13.4. The van der Waals surface area contributed by atoms with Gasteiger partial charge in [-0.3, -0.25) is 9.69 Å². The molecule has 27 heavy (non-hydrogen) atoms. The van der Waals surface area contributed by atoms with E-state index in [0.29, 0.717) is 6.42 Å². The van der Waals surface area contributed by atoms with Gasteiger partial charge < -0.3 is 10.2 Å². The number of hydrogen-bond acceptors (Lipinski definition) is 4. The summed E-state index contributed by atoms with van der Waals surface area (Å²) in [7, 11) is 1.87. The van der Waals surface area contributed by atoms with Crippen LogP contribution in [-0.4, -0.2) is 55.5 Å². The van der Waals surface area contributed by atoms with Crippen molar-refractivity contribution in [3.63, 3.8) is 0 Å². The summed E-state index contributed by atoms with van der Waals surface area (Å²) in [5, 5.41) is 3.02. The molecule has 3 rings (SSSR count). The molecule has 2 aromatic rings. The molecule has 1 fully saturated rings. The lowest BCUT2D eigenvalue weighted by molar-refractivity contribution is -0.132. The number of halogens is 3. The molecule has 0 spiro atoms. The van der Waals surface area contributed by atoms with Gasteiger partial charge in [0, 0.05) is 55.4 Å². The van der Waals surface area contributed by atoms with Gasteiger partial charge in [0.25, 0.3) is 0 Å². The van der Waals surface area contributed by atoms with E-state index in [0.717, 1.165) is 49.7 Å². The lowest BCUT2D eigenvalue weighted by Gasteiger charge is -2.34. The quantitative estimate of drug-likeness (QED) is 0.754. The summed E-state index contributed by atoms with van der Waals surface area (Å²) in [6.07, 6.45) is 0.568. The second-order valence-electron chi connectivity index (χ2n) is 6.29. The maximum absolute atomic E-state index is 13.4. The molecule has 0 saturated carbocycles. The zero-order valence-corrected chi connectivity index (χ0v) is 17.8. The molecule has 150 valence electrons. The largest absolute Gasteiger partial charge is 0.340 e. The highest BCUT2D eigenvalue weighted by Crippen LogP contribution is 2.29. The Labute approximate surface area is 176 Å². The Morgan fingerprint density at radius 1 is 1.15 bits per heavy atom. The number of piperazine rings is 1. The molecular formula is C19H26Cl2FN3OS. The first-order valence-electron chi connectivity index (χ1n) is 8.65. The monoisotopic (exact) mass is 433 g/mol. The number of amides is 1. The Bertz CT molecular complexity index is 720. The van der Waals surface area contributed by atoms with Crippen LogP contribution in [0.15, 0.2) is 36.4 Å². The van der Waals surface area contributed by atoms with Gasteiger partial charge in [0.1, 0.15) is 5.82 Å². The molecule has 1 aliphatic rings. The van der Waals surface area contributed by atoms with Crippen LogP contribution in [0.3, 0.4) is 0 Å². The third-order valence-electron chi connectivity index (χ3n) is 4.46. The summed E-state index contributed by atoms with van der Waals surface area (Å²) in [5.74, 6) is 0.0324. The maximum atomic E-state index is 13.4. The highest BCUT2D eigenvalue weighted by atomic mass is 35.5. The molecule has 0 radical (unpaired) electrons. The van der Waals surface area contributed by atoms with Crippen LogP contribution in [0.25, 0.3) is 10.4 Å². The summed E-state index contributed by atoms with van der Waals surface area (Å²) in [4.78, 5) is 18.8. The van der Waals surface area contributed by atoms with E-state index >= 15 is 0 Å². The highest BCUT2D eigenvalue weighted by molar-refractivity contribution is 7.15. The van der Waals surface area contributed by atoms with E-state index in [9.17, 15) is 9.18 Å². The minimum Gasteiger partial charge on any atom is -0.340 e. The molecule has 1 amide bonds. The lowest BCUT2D eigenvalue weighted by atomic mass is 10.2. The lowest BCUT2D eigenvalue weighted by Crippen LogP contribution is -2.48. The Hall–Kier alpha value is -1.18. The number of thiophene rings is 1. The van der Waals surface area contributed by atoms with Crippen LogP contribution in [-0.2, 0) is 11.3 Å². The fourth-order valence-corrected chi connectivity index (χ4v) is 4.07. The molecule has 1 aromatic carbocycles. The number of nitrogens with one attached hydrogen (secondary N) is 1. The molecule has 1 saturated heterocycles. The first kappa shape index (κ1) is 23.9. The van der Waals surface area contributed by atoms with Crippen molar-refractivity contribution in [2.75, 3.05) is 39.8 Å². The first-order valence-corrected chi connectivity index (χ1v) is 9.47. The minimum absolute atomic E-state index is 0. The smallest absolute Gasteiger partial charge is 0.223 e. The fraction of sp³-hybridized carbons (Fsp3) is 0.421. The molecule has 2 heterocycles. The molecule has 0 aliphatic carbocycles. The number of hydrogen-bond donors (Lipinski definition) is 1. The summed E-state index contributed by atoms with van der Waals surface area (Å²) >= 11 is 1.71. The average Bonchev–Trinajstić information content (AvgIpc) is 3.09. The van der Waals surface area contributed by atoms with Crippen molar-refractivity contribution in [1.29, 1.82) is 0 Å². The second kappa shape index (κ2) is 11.6. The van der Waals surface area contributed by atoms with E-state index in [1.54, 1.807) is 23.5 Å². The zero-order chi connectivity index (χ0) is 17.6. The predicted octanol–water partition coefficient (Wildman–Crippen LogP) is 3.65.